The molecule has 0 unspecified atom stereocenters. The molecule has 0 aliphatic carbocycles. The molecule has 0 aliphatic heterocycles. The number of aromatic nitrogens is 1. The summed E-state index contributed by atoms with van der Waals surface area (Å²) in [6.45, 7) is 0.658. The van der Waals surface area contributed by atoms with Crippen LogP contribution in [0.25, 0.3) is 0 Å². The van der Waals surface area contributed by atoms with Gasteiger partial charge in [0, 0.05) is 26.0 Å². The van der Waals surface area contributed by atoms with E-state index >= 15 is 0 Å². The van der Waals surface area contributed by atoms with Gasteiger partial charge in [-0.25, -0.2) is 0 Å². The second-order valence-electron chi connectivity index (χ2n) is 4.39. The first-order valence-corrected chi connectivity index (χ1v) is 6.50. The number of halogens is 1. The first-order valence-electron chi connectivity index (χ1n) is 6.12. The molecule has 2 rings (SSSR count). The molecule has 0 saturated carbocycles. The van der Waals surface area contributed by atoms with Crippen LogP contribution >= 0.6 is 11.6 Å². The number of nitro benzene ring substituents is 1. The lowest BCUT2D eigenvalue weighted by atomic mass is 10.2. The molecule has 0 spiro atoms. The van der Waals surface area contributed by atoms with E-state index in [-0.39, 0.29) is 10.7 Å². The zero-order valence-electron chi connectivity index (χ0n) is 11.0. The summed E-state index contributed by atoms with van der Waals surface area (Å²) in [6.07, 6.45) is 4.25. The molecule has 1 heterocycles. The molecule has 0 atom stereocenters. The molecule has 0 fully saturated rings. The van der Waals surface area contributed by atoms with Gasteiger partial charge < -0.3 is 4.90 Å². The zero-order chi connectivity index (χ0) is 14.5. The fourth-order valence-corrected chi connectivity index (χ4v) is 2.20. The van der Waals surface area contributed by atoms with Crippen LogP contribution in [-0.4, -0.2) is 23.5 Å². The molecule has 1 aromatic heterocycles. The first kappa shape index (κ1) is 14.3. The summed E-state index contributed by atoms with van der Waals surface area (Å²) < 4.78 is 0. The Kier molecular flexibility index (Phi) is 4.53. The van der Waals surface area contributed by atoms with Crippen molar-refractivity contribution in [2.75, 3.05) is 18.5 Å². The van der Waals surface area contributed by atoms with Crippen LogP contribution in [0.2, 0.25) is 5.02 Å². The quantitative estimate of drug-likeness (QED) is 0.626. The van der Waals surface area contributed by atoms with Crippen molar-refractivity contribution >= 4 is 23.0 Å². The molecular weight excluding hydrogens is 278 g/mol. The predicted molar refractivity (Wildman–Crippen MR) is 79.3 cm³/mol. The summed E-state index contributed by atoms with van der Waals surface area (Å²) in [7, 11) is 1.82. The molecular formula is C14H14ClN3O2. The Hall–Kier alpha value is -2.14. The summed E-state index contributed by atoms with van der Waals surface area (Å²) in [5.41, 5.74) is 1.61. The maximum atomic E-state index is 11.1. The van der Waals surface area contributed by atoms with Gasteiger partial charge in [-0.3, -0.25) is 15.1 Å². The number of hydrogen-bond acceptors (Lipinski definition) is 4. The van der Waals surface area contributed by atoms with Crippen molar-refractivity contribution in [3.05, 3.63) is 63.4 Å². The SMILES string of the molecule is CN(CCc1ccncc1)c1cccc(Cl)c1[N+](=O)[O-]. The third kappa shape index (κ3) is 3.24. The van der Waals surface area contributed by atoms with Crippen LogP contribution in [0, 0.1) is 10.1 Å². The normalized spacial score (nSPS) is 10.3. The maximum absolute atomic E-state index is 11.1. The minimum atomic E-state index is -0.444. The fraction of sp³-hybridized carbons (Fsp3) is 0.214. The summed E-state index contributed by atoms with van der Waals surface area (Å²) >= 11 is 5.91. The van der Waals surface area contributed by atoms with Crippen molar-refractivity contribution < 1.29 is 4.92 Å². The van der Waals surface area contributed by atoms with Crippen molar-refractivity contribution in [1.29, 1.82) is 0 Å². The largest absolute Gasteiger partial charge is 0.369 e. The van der Waals surface area contributed by atoms with Gasteiger partial charge in [-0.1, -0.05) is 17.7 Å². The third-order valence-electron chi connectivity index (χ3n) is 3.04. The van der Waals surface area contributed by atoms with Crippen molar-refractivity contribution in [3.63, 3.8) is 0 Å². The lowest BCUT2D eigenvalue weighted by Crippen LogP contribution is -2.21. The number of rotatable bonds is 5. The van der Waals surface area contributed by atoms with Gasteiger partial charge in [0.15, 0.2) is 0 Å². The number of pyridine rings is 1. The number of nitrogens with zero attached hydrogens (tertiary/aromatic N) is 3. The minimum Gasteiger partial charge on any atom is -0.369 e. The van der Waals surface area contributed by atoms with Crippen LogP contribution in [0.5, 0.6) is 0 Å². The topological polar surface area (TPSA) is 59.3 Å². The molecule has 0 saturated heterocycles. The Bertz CT molecular complexity index is 605. The van der Waals surface area contributed by atoms with Crippen molar-refractivity contribution in [2.45, 2.75) is 6.42 Å². The number of likely N-dealkylation sites (N-methyl/N-ethyl adjacent to an activating group) is 1. The van der Waals surface area contributed by atoms with E-state index in [0.717, 1.165) is 12.0 Å². The van der Waals surface area contributed by atoms with E-state index < -0.39 is 4.92 Å². The minimum absolute atomic E-state index is 0.0496. The second kappa shape index (κ2) is 6.34. The van der Waals surface area contributed by atoms with E-state index in [0.29, 0.717) is 12.2 Å². The van der Waals surface area contributed by atoms with Crippen LogP contribution in [0.3, 0.4) is 0 Å². The van der Waals surface area contributed by atoms with E-state index in [9.17, 15) is 10.1 Å². The van der Waals surface area contributed by atoms with E-state index in [1.165, 1.54) is 6.07 Å². The molecule has 104 valence electrons. The van der Waals surface area contributed by atoms with Gasteiger partial charge in [-0.2, -0.15) is 0 Å². The fourth-order valence-electron chi connectivity index (χ4n) is 1.96. The lowest BCUT2D eigenvalue weighted by molar-refractivity contribution is -0.384. The van der Waals surface area contributed by atoms with E-state index in [4.69, 9.17) is 11.6 Å². The Labute approximate surface area is 122 Å². The van der Waals surface area contributed by atoms with Crippen LogP contribution in [0.15, 0.2) is 42.7 Å². The third-order valence-corrected chi connectivity index (χ3v) is 3.35. The monoisotopic (exact) mass is 291 g/mol. The number of nitro groups is 1. The highest BCUT2D eigenvalue weighted by atomic mass is 35.5. The number of anilines is 1. The molecule has 0 aliphatic rings. The van der Waals surface area contributed by atoms with Gasteiger partial charge in [0.1, 0.15) is 10.7 Å². The predicted octanol–water partition coefficient (Wildman–Crippen LogP) is 3.32. The van der Waals surface area contributed by atoms with Gasteiger partial charge in [-0.15, -0.1) is 0 Å². The highest BCUT2D eigenvalue weighted by Gasteiger charge is 2.20. The Morgan fingerprint density at radius 2 is 2.00 bits per heavy atom. The molecule has 0 bridgehead atoms. The molecule has 0 N–H and O–H groups in total. The molecule has 20 heavy (non-hydrogen) atoms. The van der Waals surface area contributed by atoms with E-state index in [1.807, 2.05) is 24.1 Å². The summed E-state index contributed by atoms with van der Waals surface area (Å²) in [5.74, 6) is 0. The number of para-hydroxylation sites is 1. The van der Waals surface area contributed by atoms with Crippen LogP contribution in [0.1, 0.15) is 5.56 Å². The second-order valence-corrected chi connectivity index (χ2v) is 4.80. The first-order chi connectivity index (χ1) is 9.59. The number of benzene rings is 1. The lowest BCUT2D eigenvalue weighted by Gasteiger charge is -2.19. The number of hydrogen-bond donors (Lipinski definition) is 0. The zero-order valence-corrected chi connectivity index (χ0v) is 11.7. The molecule has 2 aromatic rings. The van der Waals surface area contributed by atoms with Crippen molar-refractivity contribution in [3.8, 4) is 0 Å². The molecule has 0 amide bonds. The average molecular weight is 292 g/mol. The Morgan fingerprint density at radius 1 is 1.30 bits per heavy atom. The summed E-state index contributed by atoms with van der Waals surface area (Å²) in [4.78, 5) is 16.5. The Balaban J connectivity index is 2.15. The van der Waals surface area contributed by atoms with Gasteiger partial charge in [0.2, 0.25) is 0 Å². The summed E-state index contributed by atoms with van der Waals surface area (Å²) in [6, 6.07) is 8.81. The molecule has 6 heteroatoms. The smallest absolute Gasteiger partial charge is 0.310 e. The highest BCUT2D eigenvalue weighted by Crippen LogP contribution is 2.34. The van der Waals surface area contributed by atoms with Crippen molar-refractivity contribution in [2.24, 2.45) is 0 Å². The van der Waals surface area contributed by atoms with Crippen molar-refractivity contribution in [1.82, 2.24) is 4.98 Å². The summed E-state index contributed by atoms with van der Waals surface area (Å²) in [5, 5.41) is 11.3. The Morgan fingerprint density at radius 3 is 2.65 bits per heavy atom. The molecule has 0 radical (unpaired) electrons. The standard InChI is InChI=1S/C14H14ClN3O2/c1-17(10-7-11-5-8-16-9-6-11)13-4-2-3-12(15)14(13)18(19)20/h2-6,8-9H,7,10H2,1H3. The van der Waals surface area contributed by atoms with Crippen LogP contribution in [0.4, 0.5) is 11.4 Å². The van der Waals surface area contributed by atoms with Gasteiger partial charge >= 0.3 is 5.69 Å². The molecule has 5 nitrogen and oxygen atoms in total. The maximum Gasteiger partial charge on any atom is 0.310 e. The van der Waals surface area contributed by atoms with Gasteiger partial charge in [0.25, 0.3) is 0 Å². The highest BCUT2D eigenvalue weighted by molar-refractivity contribution is 6.33. The van der Waals surface area contributed by atoms with E-state index in [1.54, 1.807) is 24.5 Å². The van der Waals surface area contributed by atoms with E-state index in [2.05, 4.69) is 4.98 Å². The van der Waals surface area contributed by atoms with Gasteiger partial charge in [-0.05, 0) is 36.2 Å². The van der Waals surface area contributed by atoms with Crippen LogP contribution < -0.4 is 4.90 Å². The molecule has 1 aromatic carbocycles. The van der Waals surface area contributed by atoms with Crippen LogP contribution in [-0.2, 0) is 6.42 Å². The van der Waals surface area contributed by atoms with Gasteiger partial charge in [0.05, 0.1) is 4.92 Å². The average Bonchev–Trinajstić information content (AvgIpc) is 2.45.